The number of amides is 2. The summed E-state index contributed by atoms with van der Waals surface area (Å²) in [5.41, 5.74) is 0.560. The molecule has 1 aliphatic carbocycles. The average molecular weight is 394 g/mol. The molecule has 0 atom stereocenters. The van der Waals surface area contributed by atoms with E-state index < -0.39 is 12.0 Å². The lowest BCUT2D eigenvalue weighted by Gasteiger charge is -2.13. The topological polar surface area (TPSA) is 108 Å². The smallest absolute Gasteiger partial charge is 0.357 e. The van der Waals surface area contributed by atoms with Gasteiger partial charge in [-0.3, -0.25) is 10.1 Å². The lowest BCUT2D eigenvalue weighted by molar-refractivity contribution is 0.0691. The fourth-order valence-electron chi connectivity index (χ4n) is 2.95. The van der Waals surface area contributed by atoms with Gasteiger partial charge in [-0.15, -0.1) is 0 Å². The quantitative estimate of drug-likeness (QED) is 0.647. The van der Waals surface area contributed by atoms with Crippen LogP contribution < -0.4 is 10.6 Å². The molecule has 1 saturated carbocycles. The lowest BCUT2D eigenvalue weighted by atomic mass is 9.95. The Labute approximate surface area is 158 Å². The fraction of sp³-hybridized carbons (Fsp3) is 0.294. The van der Waals surface area contributed by atoms with Crippen molar-refractivity contribution in [1.29, 1.82) is 0 Å². The van der Waals surface area contributed by atoms with Crippen LogP contribution in [0.5, 0.6) is 0 Å². The van der Waals surface area contributed by atoms with Gasteiger partial charge in [0.15, 0.2) is 16.6 Å². The highest BCUT2D eigenvalue weighted by molar-refractivity contribution is 7.20. The molecule has 26 heavy (non-hydrogen) atoms. The predicted octanol–water partition coefficient (Wildman–Crippen LogP) is 4.51. The number of ketones is 1. The molecule has 3 rings (SSSR count). The van der Waals surface area contributed by atoms with Crippen LogP contribution in [-0.2, 0) is 0 Å². The standard InChI is InChI=1S/C17H16ClN3O4S/c18-14-12(15(23)24)20-17(26-14)21-16(25)19-11-8-4-3-7-10(11)13(22)9-5-1-2-6-9/h3-4,7-9H,1-2,5-6H2,(H,23,24)(H2,19,20,21,25). The number of thiazole rings is 1. The molecule has 9 heteroatoms. The Balaban J connectivity index is 1.72. The Hall–Kier alpha value is -2.45. The normalized spacial score (nSPS) is 14.2. The summed E-state index contributed by atoms with van der Waals surface area (Å²) in [5.74, 6) is -1.24. The van der Waals surface area contributed by atoms with E-state index in [2.05, 4.69) is 15.6 Å². The van der Waals surface area contributed by atoms with Gasteiger partial charge in [-0.2, -0.15) is 0 Å². The third-order valence-electron chi connectivity index (χ3n) is 4.18. The molecule has 1 heterocycles. The Kier molecular flexibility index (Phi) is 5.53. The van der Waals surface area contributed by atoms with Crippen molar-refractivity contribution in [2.75, 3.05) is 10.6 Å². The molecule has 0 unspecified atom stereocenters. The van der Waals surface area contributed by atoms with E-state index in [4.69, 9.17) is 16.7 Å². The second kappa shape index (κ2) is 7.84. The van der Waals surface area contributed by atoms with Gasteiger partial charge in [0, 0.05) is 11.5 Å². The van der Waals surface area contributed by atoms with Gasteiger partial charge in [0.25, 0.3) is 0 Å². The van der Waals surface area contributed by atoms with Crippen LogP contribution in [0.3, 0.4) is 0 Å². The van der Waals surface area contributed by atoms with Gasteiger partial charge >= 0.3 is 12.0 Å². The molecule has 1 fully saturated rings. The van der Waals surface area contributed by atoms with Gasteiger partial charge in [0.2, 0.25) is 0 Å². The Morgan fingerprint density at radius 3 is 2.50 bits per heavy atom. The molecule has 0 aliphatic heterocycles. The molecule has 1 aliphatic rings. The van der Waals surface area contributed by atoms with Gasteiger partial charge in [-0.1, -0.05) is 47.9 Å². The molecule has 0 radical (unpaired) electrons. The molecule has 1 aromatic carbocycles. The van der Waals surface area contributed by atoms with Crippen LogP contribution in [0.2, 0.25) is 4.34 Å². The number of carbonyl (C=O) groups is 3. The van der Waals surface area contributed by atoms with Crippen molar-refractivity contribution in [2.24, 2.45) is 5.92 Å². The van der Waals surface area contributed by atoms with E-state index in [9.17, 15) is 14.4 Å². The monoisotopic (exact) mass is 393 g/mol. The second-order valence-corrected chi connectivity index (χ2v) is 7.52. The number of nitrogens with one attached hydrogen (secondary N) is 2. The summed E-state index contributed by atoms with van der Waals surface area (Å²) in [6, 6.07) is 6.20. The first-order valence-electron chi connectivity index (χ1n) is 8.06. The SMILES string of the molecule is O=C(Nc1nc(C(=O)O)c(Cl)s1)Nc1ccccc1C(=O)C1CCCC1. The van der Waals surface area contributed by atoms with Gasteiger partial charge in [0.1, 0.15) is 4.34 Å². The highest BCUT2D eigenvalue weighted by atomic mass is 35.5. The number of Topliss-reactive ketones (excluding diaryl/α,β-unsaturated/α-hetero) is 1. The van der Waals surface area contributed by atoms with E-state index in [1.54, 1.807) is 24.3 Å². The van der Waals surface area contributed by atoms with E-state index in [0.717, 1.165) is 37.0 Å². The van der Waals surface area contributed by atoms with Crippen molar-refractivity contribution >= 4 is 51.5 Å². The van der Waals surface area contributed by atoms with E-state index in [1.165, 1.54) is 0 Å². The van der Waals surface area contributed by atoms with Crippen molar-refractivity contribution in [1.82, 2.24) is 4.98 Å². The average Bonchev–Trinajstić information content (AvgIpc) is 3.24. The number of hydrogen-bond donors (Lipinski definition) is 3. The summed E-state index contributed by atoms with van der Waals surface area (Å²) in [7, 11) is 0. The molecule has 136 valence electrons. The van der Waals surface area contributed by atoms with Crippen molar-refractivity contribution in [2.45, 2.75) is 25.7 Å². The van der Waals surface area contributed by atoms with E-state index >= 15 is 0 Å². The minimum atomic E-state index is -1.27. The van der Waals surface area contributed by atoms with Crippen LogP contribution in [0, 0.1) is 5.92 Å². The number of anilines is 2. The van der Waals surface area contributed by atoms with Gasteiger partial charge in [0.05, 0.1) is 5.69 Å². The largest absolute Gasteiger partial charge is 0.476 e. The van der Waals surface area contributed by atoms with E-state index in [-0.39, 0.29) is 26.9 Å². The first-order valence-corrected chi connectivity index (χ1v) is 9.26. The molecule has 1 aromatic heterocycles. The van der Waals surface area contributed by atoms with Crippen LogP contribution in [0.15, 0.2) is 24.3 Å². The summed E-state index contributed by atoms with van der Waals surface area (Å²) in [6.07, 6.45) is 3.83. The number of aromatic carboxylic acids is 1. The number of benzene rings is 1. The Bertz CT molecular complexity index is 861. The fourth-order valence-corrected chi connectivity index (χ4v) is 3.97. The number of urea groups is 1. The highest BCUT2D eigenvalue weighted by Gasteiger charge is 2.26. The molecule has 0 saturated heterocycles. The Morgan fingerprint density at radius 2 is 1.85 bits per heavy atom. The molecule has 0 bridgehead atoms. The molecule has 2 amide bonds. The van der Waals surface area contributed by atoms with Crippen LogP contribution in [-0.4, -0.2) is 27.9 Å². The third kappa shape index (κ3) is 4.03. The van der Waals surface area contributed by atoms with Crippen LogP contribution in [0.25, 0.3) is 0 Å². The highest BCUT2D eigenvalue weighted by Crippen LogP contribution is 2.31. The molecule has 3 N–H and O–H groups in total. The molecule has 2 aromatic rings. The maximum atomic E-state index is 12.7. The number of carbonyl (C=O) groups excluding carboxylic acids is 2. The van der Waals surface area contributed by atoms with Gasteiger partial charge in [-0.05, 0) is 25.0 Å². The van der Waals surface area contributed by atoms with Crippen molar-refractivity contribution in [3.05, 3.63) is 39.9 Å². The molecular formula is C17H16ClN3O4S. The summed E-state index contributed by atoms with van der Waals surface area (Å²) in [5, 5.41) is 14.1. The minimum absolute atomic E-state index is 0.00287. The zero-order chi connectivity index (χ0) is 18.7. The molecule has 7 nitrogen and oxygen atoms in total. The molecular weight excluding hydrogens is 378 g/mol. The number of nitrogens with zero attached hydrogens (tertiary/aromatic N) is 1. The molecule has 0 spiro atoms. The number of rotatable bonds is 5. The number of carboxylic acid groups (broad SMARTS) is 1. The summed E-state index contributed by atoms with van der Waals surface area (Å²) >= 11 is 6.63. The third-order valence-corrected chi connectivity index (χ3v) is 5.35. The number of aromatic nitrogens is 1. The number of halogens is 1. The Morgan fingerprint density at radius 1 is 1.15 bits per heavy atom. The van der Waals surface area contributed by atoms with Gasteiger partial charge in [-0.25, -0.2) is 14.6 Å². The minimum Gasteiger partial charge on any atom is -0.476 e. The van der Waals surface area contributed by atoms with Crippen molar-refractivity contribution in [3.8, 4) is 0 Å². The van der Waals surface area contributed by atoms with E-state index in [0.29, 0.717) is 11.3 Å². The summed E-state index contributed by atoms with van der Waals surface area (Å²) in [6.45, 7) is 0. The lowest BCUT2D eigenvalue weighted by Crippen LogP contribution is -2.22. The summed E-state index contributed by atoms with van der Waals surface area (Å²) < 4.78 is -0.0235. The number of para-hydroxylation sites is 1. The maximum absolute atomic E-state index is 12.7. The van der Waals surface area contributed by atoms with E-state index in [1.807, 2.05) is 0 Å². The van der Waals surface area contributed by atoms with Crippen LogP contribution in [0.4, 0.5) is 15.6 Å². The predicted molar refractivity (Wildman–Crippen MR) is 99.5 cm³/mol. The van der Waals surface area contributed by atoms with Crippen LogP contribution >= 0.6 is 22.9 Å². The first-order chi connectivity index (χ1) is 12.5. The first kappa shape index (κ1) is 18.3. The summed E-state index contributed by atoms with van der Waals surface area (Å²) in [4.78, 5) is 39.6. The zero-order valence-electron chi connectivity index (χ0n) is 13.6. The van der Waals surface area contributed by atoms with Gasteiger partial charge < -0.3 is 10.4 Å². The maximum Gasteiger partial charge on any atom is 0.357 e. The number of carboxylic acids is 1. The van der Waals surface area contributed by atoms with Crippen molar-refractivity contribution in [3.63, 3.8) is 0 Å². The van der Waals surface area contributed by atoms with Crippen LogP contribution in [0.1, 0.15) is 46.5 Å². The number of hydrogen-bond acceptors (Lipinski definition) is 5. The zero-order valence-corrected chi connectivity index (χ0v) is 15.2. The van der Waals surface area contributed by atoms with Crippen molar-refractivity contribution < 1.29 is 19.5 Å². The second-order valence-electron chi connectivity index (χ2n) is 5.92.